The first-order valence-electron chi connectivity index (χ1n) is 11.5. The van der Waals surface area contributed by atoms with Crippen LogP contribution in [0.5, 0.6) is 23.5 Å². The topological polar surface area (TPSA) is 70.0 Å². The summed E-state index contributed by atoms with van der Waals surface area (Å²) in [6, 6.07) is 37.2. The van der Waals surface area contributed by atoms with Crippen molar-refractivity contribution in [1.29, 1.82) is 0 Å². The minimum atomic E-state index is 0.144. The monoisotopic (exact) mass is 468 g/mol. The third kappa shape index (κ3) is 4.60. The van der Waals surface area contributed by atoms with Crippen LogP contribution >= 0.6 is 0 Å². The van der Waals surface area contributed by atoms with Crippen LogP contribution in [0.15, 0.2) is 121 Å². The second-order valence-electron chi connectivity index (χ2n) is 8.02. The molecule has 0 unspecified atom stereocenters. The van der Waals surface area contributed by atoms with Crippen molar-refractivity contribution >= 4 is 10.8 Å². The zero-order valence-electron chi connectivity index (χ0n) is 19.2. The van der Waals surface area contributed by atoms with Gasteiger partial charge in [-0.25, -0.2) is 0 Å². The van der Waals surface area contributed by atoms with Gasteiger partial charge in [-0.05, 0) is 41.8 Å². The molecule has 0 bridgehead atoms. The smallest absolute Gasteiger partial charge is 0.328 e. The van der Waals surface area contributed by atoms with Crippen LogP contribution in [0, 0.1) is 0 Å². The second-order valence-corrected chi connectivity index (χ2v) is 8.02. The van der Waals surface area contributed by atoms with Crippen LogP contribution in [0.4, 0.5) is 0 Å². The molecule has 0 aliphatic heterocycles. The molecule has 0 saturated heterocycles. The van der Waals surface area contributed by atoms with E-state index in [1.165, 1.54) is 0 Å². The number of fused-ring (bicyclic) bond motifs is 1. The maximum atomic E-state index is 5.94. The van der Waals surface area contributed by atoms with E-state index in [9.17, 15) is 0 Å². The van der Waals surface area contributed by atoms with Crippen molar-refractivity contribution in [3.8, 4) is 46.2 Å². The fraction of sp³-hybridized carbons (Fsp3) is 0. The Balaban J connectivity index is 1.43. The predicted molar refractivity (Wildman–Crippen MR) is 139 cm³/mol. The van der Waals surface area contributed by atoms with Gasteiger partial charge in [-0.15, -0.1) is 4.98 Å². The Morgan fingerprint density at radius 2 is 1.11 bits per heavy atom. The molecule has 6 aromatic rings. The molecule has 4 aromatic carbocycles. The number of rotatable bonds is 6. The molecule has 0 atom stereocenters. The maximum Gasteiger partial charge on any atom is 0.328 e. The van der Waals surface area contributed by atoms with Crippen LogP contribution in [-0.2, 0) is 0 Å². The first kappa shape index (κ1) is 21.4. The quantitative estimate of drug-likeness (QED) is 0.255. The lowest BCUT2D eigenvalue weighted by Gasteiger charge is -2.10. The Morgan fingerprint density at radius 3 is 1.81 bits per heavy atom. The third-order valence-corrected chi connectivity index (χ3v) is 5.57. The number of benzene rings is 4. The number of para-hydroxylation sites is 2. The SMILES string of the molecule is c1ccc(Oc2nc(Oc3ccccc3)nc(-c3cccc(-c4nccc5ccccc45)c3)n2)cc1. The summed E-state index contributed by atoms with van der Waals surface area (Å²) >= 11 is 0. The van der Waals surface area contributed by atoms with Crippen molar-refractivity contribution < 1.29 is 9.47 Å². The molecule has 0 aliphatic rings. The molecule has 6 heteroatoms. The molecule has 2 heterocycles. The summed E-state index contributed by atoms with van der Waals surface area (Å²) in [4.78, 5) is 18.2. The number of hydrogen-bond acceptors (Lipinski definition) is 6. The lowest BCUT2D eigenvalue weighted by atomic mass is 10.0. The molecule has 172 valence electrons. The van der Waals surface area contributed by atoms with E-state index in [4.69, 9.17) is 9.47 Å². The van der Waals surface area contributed by atoms with Crippen LogP contribution < -0.4 is 9.47 Å². The number of ether oxygens (including phenoxy) is 2. The highest BCUT2D eigenvalue weighted by molar-refractivity contribution is 5.94. The van der Waals surface area contributed by atoms with Gasteiger partial charge in [0.15, 0.2) is 5.82 Å². The molecular formula is C30H20N4O2. The largest absolute Gasteiger partial charge is 0.424 e. The number of aromatic nitrogens is 4. The van der Waals surface area contributed by atoms with E-state index in [2.05, 4.69) is 32.1 Å². The molecule has 0 saturated carbocycles. The maximum absolute atomic E-state index is 5.94. The molecular weight excluding hydrogens is 448 g/mol. The summed E-state index contributed by atoms with van der Waals surface area (Å²) in [5.41, 5.74) is 2.65. The van der Waals surface area contributed by atoms with Crippen LogP contribution in [0.2, 0.25) is 0 Å². The summed E-state index contributed by atoms with van der Waals surface area (Å²) in [7, 11) is 0. The van der Waals surface area contributed by atoms with Gasteiger partial charge in [0.1, 0.15) is 11.5 Å². The zero-order valence-corrected chi connectivity index (χ0v) is 19.2. The van der Waals surface area contributed by atoms with E-state index < -0.39 is 0 Å². The molecule has 0 spiro atoms. The number of hydrogen-bond donors (Lipinski definition) is 0. The Hall–Kier alpha value is -5.10. The van der Waals surface area contributed by atoms with Crippen LogP contribution in [0.25, 0.3) is 33.4 Å². The standard InChI is InChI=1S/C30H20N4O2/c1-3-13-24(14-4-1)35-29-32-28(33-30(34-29)36-25-15-5-2-6-16-25)23-12-9-11-22(20-23)27-26-17-8-7-10-21(26)18-19-31-27/h1-20H. The van der Waals surface area contributed by atoms with Crippen molar-refractivity contribution in [2.24, 2.45) is 0 Å². The third-order valence-electron chi connectivity index (χ3n) is 5.57. The average molecular weight is 469 g/mol. The summed E-state index contributed by atoms with van der Waals surface area (Å²) in [5.74, 6) is 1.67. The van der Waals surface area contributed by atoms with Gasteiger partial charge in [0.2, 0.25) is 0 Å². The van der Waals surface area contributed by atoms with Crippen LogP contribution in [0.1, 0.15) is 0 Å². The van der Waals surface area contributed by atoms with Crippen LogP contribution in [0.3, 0.4) is 0 Å². The Morgan fingerprint density at radius 1 is 0.500 bits per heavy atom. The van der Waals surface area contributed by atoms with Crippen molar-refractivity contribution in [3.05, 3.63) is 121 Å². The Kier molecular flexibility index (Phi) is 5.74. The molecule has 0 aliphatic carbocycles. The summed E-state index contributed by atoms with van der Waals surface area (Å²) in [5, 5.41) is 2.21. The lowest BCUT2D eigenvalue weighted by Crippen LogP contribution is -2.01. The van der Waals surface area contributed by atoms with E-state index in [-0.39, 0.29) is 12.0 Å². The van der Waals surface area contributed by atoms with E-state index in [0.717, 1.165) is 27.6 Å². The molecule has 6 rings (SSSR count). The van der Waals surface area contributed by atoms with Gasteiger partial charge in [-0.3, -0.25) is 4.98 Å². The first-order chi connectivity index (χ1) is 17.8. The Labute approximate surface area is 207 Å². The van der Waals surface area contributed by atoms with E-state index >= 15 is 0 Å². The molecule has 0 radical (unpaired) electrons. The van der Waals surface area contributed by atoms with E-state index in [0.29, 0.717) is 17.3 Å². The van der Waals surface area contributed by atoms with Gasteiger partial charge in [0, 0.05) is 22.7 Å². The highest BCUT2D eigenvalue weighted by atomic mass is 16.5. The molecule has 6 nitrogen and oxygen atoms in total. The molecule has 36 heavy (non-hydrogen) atoms. The number of nitrogens with zero attached hydrogens (tertiary/aromatic N) is 4. The van der Waals surface area contributed by atoms with Gasteiger partial charge in [0.25, 0.3) is 0 Å². The Bertz CT molecular complexity index is 1580. The molecule has 0 fully saturated rings. The minimum Gasteiger partial charge on any atom is -0.424 e. The minimum absolute atomic E-state index is 0.144. The predicted octanol–water partition coefficient (Wildman–Crippen LogP) is 7.34. The van der Waals surface area contributed by atoms with Crippen molar-refractivity contribution in [3.63, 3.8) is 0 Å². The zero-order chi connectivity index (χ0) is 24.2. The van der Waals surface area contributed by atoms with Gasteiger partial charge >= 0.3 is 12.0 Å². The van der Waals surface area contributed by atoms with Crippen LogP contribution in [-0.4, -0.2) is 19.9 Å². The van der Waals surface area contributed by atoms with E-state index in [1.807, 2.05) is 109 Å². The van der Waals surface area contributed by atoms with Gasteiger partial charge in [-0.1, -0.05) is 78.9 Å². The molecule has 2 aromatic heterocycles. The normalized spacial score (nSPS) is 10.8. The van der Waals surface area contributed by atoms with Gasteiger partial charge < -0.3 is 9.47 Å². The summed E-state index contributed by atoms with van der Waals surface area (Å²) < 4.78 is 11.9. The fourth-order valence-corrected chi connectivity index (χ4v) is 3.90. The van der Waals surface area contributed by atoms with Crippen molar-refractivity contribution in [2.45, 2.75) is 0 Å². The fourth-order valence-electron chi connectivity index (χ4n) is 3.90. The lowest BCUT2D eigenvalue weighted by molar-refractivity contribution is 0.398. The van der Waals surface area contributed by atoms with E-state index in [1.54, 1.807) is 0 Å². The highest BCUT2D eigenvalue weighted by Crippen LogP contribution is 2.31. The summed E-state index contributed by atoms with van der Waals surface area (Å²) in [6.07, 6.45) is 1.82. The molecule has 0 N–H and O–H groups in total. The van der Waals surface area contributed by atoms with Gasteiger partial charge in [-0.2, -0.15) is 9.97 Å². The molecule has 0 amide bonds. The highest BCUT2D eigenvalue weighted by Gasteiger charge is 2.14. The average Bonchev–Trinajstić information content (AvgIpc) is 2.94. The summed E-state index contributed by atoms with van der Waals surface area (Å²) in [6.45, 7) is 0. The van der Waals surface area contributed by atoms with Gasteiger partial charge in [0.05, 0.1) is 5.69 Å². The first-order valence-corrected chi connectivity index (χ1v) is 11.5. The second kappa shape index (κ2) is 9.64. The van der Waals surface area contributed by atoms with Crippen molar-refractivity contribution in [1.82, 2.24) is 19.9 Å². The number of pyridine rings is 1. The van der Waals surface area contributed by atoms with Crippen molar-refractivity contribution in [2.75, 3.05) is 0 Å².